The van der Waals surface area contributed by atoms with E-state index in [1.165, 1.54) is 24.3 Å². The Morgan fingerprint density at radius 3 is 1.58 bits per heavy atom. The summed E-state index contributed by atoms with van der Waals surface area (Å²) < 4.78 is 0. The average Bonchev–Trinajstić information content (AvgIpc) is 2.86. The van der Waals surface area contributed by atoms with Gasteiger partial charge in [0.05, 0.1) is 6.04 Å². The lowest BCUT2D eigenvalue weighted by Crippen LogP contribution is -2.55. The number of phenolic OH excluding ortho intramolecular Hbond substituents is 2. The molecule has 0 saturated heterocycles. The second-order valence-electron chi connectivity index (χ2n) is 8.50. The van der Waals surface area contributed by atoms with Crippen LogP contribution >= 0.6 is 0 Å². The summed E-state index contributed by atoms with van der Waals surface area (Å²) in [6.07, 6.45) is 0.301. The highest BCUT2D eigenvalue weighted by Gasteiger charge is 2.28. The molecule has 0 unspecified atom stereocenters. The molecule has 3 aromatic carbocycles. The number of benzene rings is 3. The number of carbonyl (C=O) groups excluding carboxylic acids is 2. The number of hydrogen-bond acceptors (Lipinski definition) is 6. The van der Waals surface area contributed by atoms with E-state index >= 15 is 0 Å². The van der Waals surface area contributed by atoms with Crippen molar-refractivity contribution < 1.29 is 29.7 Å². The van der Waals surface area contributed by atoms with Crippen LogP contribution in [-0.2, 0) is 33.6 Å². The number of carboxylic acid groups (broad SMARTS) is 1. The van der Waals surface area contributed by atoms with Crippen molar-refractivity contribution in [2.75, 3.05) is 0 Å². The second-order valence-corrected chi connectivity index (χ2v) is 8.50. The Kier molecular flexibility index (Phi) is 9.01. The van der Waals surface area contributed by atoms with Gasteiger partial charge in [0, 0.05) is 12.8 Å². The first-order chi connectivity index (χ1) is 17.2. The summed E-state index contributed by atoms with van der Waals surface area (Å²) in [6, 6.07) is 18.0. The summed E-state index contributed by atoms with van der Waals surface area (Å²) in [5.41, 5.74) is 8.19. The highest BCUT2D eigenvalue weighted by molar-refractivity contribution is 5.92. The SMILES string of the molecule is N[C@@H](Cc1ccccc1)C(=O)N[C@@H](Cc1ccc(O)cc1)C(=O)N[C@@H](Cc1ccc(O)cc1)C(=O)O. The van der Waals surface area contributed by atoms with Gasteiger partial charge in [-0.05, 0) is 47.4 Å². The largest absolute Gasteiger partial charge is 0.508 e. The van der Waals surface area contributed by atoms with Crippen molar-refractivity contribution in [3.8, 4) is 11.5 Å². The van der Waals surface area contributed by atoms with Crippen molar-refractivity contribution in [3.63, 3.8) is 0 Å². The van der Waals surface area contributed by atoms with E-state index < -0.39 is 35.9 Å². The predicted molar refractivity (Wildman–Crippen MR) is 133 cm³/mol. The van der Waals surface area contributed by atoms with E-state index in [0.29, 0.717) is 11.1 Å². The molecule has 2 amide bonds. The lowest BCUT2D eigenvalue weighted by molar-refractivity contribution is -0.142. The fraction of sp³-hybridized carbons (Fsp3) is 0.222. The molecule has 0 saturated carbocycles. The molecule has 0 heterocycles. The molecule has 0 aromatic heterocycles. The van der Waals surface area contributed by atoms with Crippen molar-refractivity contribution in [1.82, 2.24) is 10.6 Å². The number of aliphatic carboxylic acids is 1. The Morgan fingerprint density at radius 1 is 0.639 bits per heavy atom. The van der Waals surface area contributed by atoms with E-state index in [-0.39, 0.29) is 30.8 Å². The fourth-order valence-electron chi connectivity index (χ4n) is 3.66. The molecule has 9 heteroatoms. The first-order valence-electron chi connectivity index (χ1n) is 11.4. The van der Waals surface area contributed by atoms with Gasteiger partial charge in [-0.2, -0.15) is 0 Å². The minimum Gasteiger partial charge on any atom is -0.508 e. The molecule has 3 aromatic rings. The van der Waals surface area contributed by atoms with Gasteiger partial charge in [-0.3, -0.25) is 9.59 Å². The highest BCUT2D eigenvalue weighted by atomic mass is 16.4. The van der Waals surface area contributed by atoms with E-state index in [2.05, 4.69) is 10.6 Å². The van der Waals surface area contributed by atoms with Crippen LogP contribution in [0.5, 0.6) is 11.5 Å². The van der Waals surface area contributed by atoms with Crippen LogP contribution in [0.4, 0.5) is 0 Å². The Balaban J connectivity index is 1.74. The van der Waals surface area contributed by atoms with Crippen LogP contribution in [0.25, 0.3) is 0 Å². The maximum Gasteiger partial charge on any atom is 0.326 e. The van der Waals surface area contributed by atoms with Crippen molar-refractivity contribution >= 4 is 17.8 Å². The molecule has 0 aliphatic rings. The standard InChI is InChI=1S/C27H29N3O6/c28-22(14-17-4-2-1-3-5-17)25(33)29-23(15-18-6-10-20(31)11-7-18)26(34)30-24(27(35)36)16-19-8-12-21(32)13-9-19/h1-13,22-24,31-32H,14-16,28H2,(H,29,33)(H,30,34)(H,35,36)/t22-,23-,24-/m0/s1. The summed E-state index contributed by atoms with van der Waals surface area (Å²) in [7, 11) is 0. The Labute approximate surface area is 208 Å². The van der Waals surface area contributed by atoms with Gasteiger partial charge in [-0.15, -0.1) is 0 Å². The number of hydrogen-bond donors (Lipinski definition) is 6. The molecule has 188 valence electrons. The van der Waals surface area contributed by atoms with Gasteiger partial charge in [-0.1, -0.05) is 54.6 Å². The first-order valence-corrected chi connectivity index (χ1v) is 11.4. The van der Waals surface area contributed by atoms with Crippen LogP contribution in [0.2, 0.25) is 0 Å². The number of aromatic hydroxyl groups is 2. The predicted octanol–water partition coefficient (Wildman–Crippen LogP) is 1.51. The van der Waals surface area contributed by atoms with Crippen LogP contribution in [0.15, 0.2) is 78.9 Å². The summed E-state index contributed by atoms with van der Waals surface area (Å²) >= 11 is 0. The average molecular weight is 492 g/mol. The summed E-state index contributed by atoms with van der Waals surface area (Å²) in [5.74, 6) is -2.39. The summed E-state index contributed by atoms with van der Waals surface area (Å²) in [5, 5.41) is 33.8. The van der Waals surface area contributed by atoms with E-state index in [4.69, 9.17) is 5.73 Å². The molecule has 0 bridgehead atoms. The van der Waals surface area contributed by atoms with Gasteiger partial charge in [0.1, 0.15) is 23.6 Å². The highest BCUT2D eigenvalue weighted by Crippen LogP contribution is 2.14. The Morgan fingerprint density at radius 2 is 1.08 bits per heavy atom. The normalized spacial score (nSPS) is 13.2. The molecule has 0 radical (unpaired) electrons. The number of rotatable bonds is 11. The number of nitrogens with one attached hydrogen (secondary N) is 2. The first kappa shape index (κ1) is 26.2. The van der Waals surface area contributed by atoms with Crippen molar-refractivity contribution in [2.24, 2.45) is 5.73 Å². The third-order valence-electron chi connectivity index (χ3n) is 5.64. The topological polar surface area (TPSA) is 162 Å². The number of nitrogens with two attached hydrogens (primary N) is 1. The zero-order valence-corrected chi connectivity index (χ0v) is 19.5. The lowest BCUT2D eigenvalue weighted by Gasteiger charge is -2.23. The third-order valence-corrected chi connectivity index (χ3v) is 5.64. The van der Waals surface area contributed by atoms with Gasteiger partial charge in [-0.25, -0.2) is 4.79 Å². The summed E-state index contributed by atoms with van der Waals surface area (Å²) in [6.45, 7) is 0. The maximum atomic E-state index is 13.2. The number of phenols is 2. The second kappa shape index (κ2) is 12.4. The van der Waals surface area contributed by atoms with Gasteiger partial charge in [0.2, 0.25) is 11.8 Å². The van der Waals surface area contributed by atoms with Gasteiger partial charge >= 0.3 is 5.97 Å². The molecule has 3 atom stereocenters. The third kappa shape index (κ3) is 7.85. The Bertz CT molecular complexity index is 1170. The molecule has 0 spiro atoms. The molecule has 9 nitrogen and oxygen atoms in total. The van der Waals surface area contributed by atoms with E-state index in [1.54, 1.807) is 24.3 Å². The molecule has 0 aliphatic carbocycles. The van der Waals surface area contributed by atoms with Gasteiger partial charge in [0.15, 0.2) is 0 Å². The van der Waals surface area contributed by atoms with Crippen molar-refractivity contribution in [1.29, 1.82) is 0 Å². The van der Waals surface area contributed by atoms with Crippen molar-refractivity contribution in [2.45, 2.75) is 37.4 Å². The summed E-state index contributed by atoms with van der Waals surface area (Å²) in [4.78, 5) is 37.9. The minimum absolute atomic E-state index is 0.0191. The fourth-order valence-corrected chi connectivity index (χ4v) is 3.66. The van der Waals surface area contributed by atoms with Crippen LogP contribution < -0.4 is 16.4 Å². The molecule has 7 N–H and O–H groups in total. The zero-order valence-electron chi connectivity index (χ0n) is 19.5. The van der Waals surface area contributed by atoms with E-state index in [1.807, 2.05) is 30.3 Å². The Hall–Kier alpha value is -4.37. The molecule has 0 fully saturated rings. The van der Waals surface area contributed by atoms with E-state index in [0.717, 1.165) is 5.56 Å². The lowest BCUT2D eigenvalue weighted by atomic mass is 10.0. The van der Waals surface area contributed by atoms with Crippen LogP contribution in [-0.4, -0.2) is 51.2 Å². The molecular weight excluding hydrogens is 462 g/mol. The molecular formula is C27H29N3O6. The zero-order chi connectivity index (χ0) is 26.1. The van der Waals surface area contributed by atoms with Crippen LogP contribution in [0.3, 0.4) is 0 Å². The van der Waals surface area contributed by atoms with E-state index in [9.17, 15) is 29.7 Å². The van der Waals surface area contributed by atoms with Gasteiger partial charge < -0.3 is 31.7 Å². The smallest absolute Gasteiger partial charge is 0.326 e. The van der Waals surface area contributed by atoms with Crippen molar-refractivity contribution in [3.05, 3.63) is 95.6 Å². The number of carboxylic acids is 1. The van der Waals surface area contributed by atoms with Crippen LogP contribution in [0.1, 0.15) is 16.7 Å². The monoisotopic (exact) mass is 491 g/mol. The van der Waals surface area contributed by atoms with Gasteiger partial charge in [0.25, 0.3) is 0 Å². The number of amides is 2. The molecule has 3 rings (SSSR count). The van der Waals surface area contributed by atoms with Crippen LogP contribution in [0, 0.1) is 0 Å². The quantitative estimate of drug-likeness (QED) is 0.237. The molecule has 0 aliphatic heterocycles. The number of carbonyl (C=O) groups is 3. The minimum atomic E-state index is -1.26. The maximum absolute atomic E-state index is 13.2. The molecule has 36 heavy (non-hydrogen) atoms.